The van der Waals surface area contributed by atoms with E-state index >= 15 is 0 Å². The Morgan fingerprint density at radius 3 is 3.00 bits per heavy atom. The molecule has 2 N–H and O–H groups in total. The van der Waals surface area contributed by atoms with E-state index in [0.717, 1.165) is 18.7 Å². The van der Waals surface area contributed by atoms with Crippen LogP contribution < -0.4 is 10.6 Å². The van der Waals surface area contributed by atoms with Gasteiger partial charge in [-0.05, 0) is 23.8 Å². The SMILES string of the molecule is CCCNc1ccnc(C(=O)Nc2nnn(C)n2)c1. The summed E-state index contributed by atoms with van der Waals surface area (Å²) in [5.74, 6) is -0.214. The summed E-state index contributed by atoms with van der Waals surface area (Å²) in [5, 5.41) is 16.9. The summed E-state index contributed by atoms with van der Waals surface area (Å²) in [4.78, 5) is 17.2. The number of rotatable bonds is 5. The fraction of sp³-hybridized carbons (Fsp3) is 0.364. The fourth-order valence-electron chi connectivity index (χ4n) is 1.43. The van der Waals surface area contributed by atoms with Crippen LogP contribution >= 0.6 is 0 Å². The van der Waals surface area contributed by atoms with Crippen molar-refractivity contribution in [3.63, 3.8) is 0 Å². The highest BCUT2D eigenvalue weighted by Crippen LogP contribution is 2.09. The summed E-state index contributed by atoms with van der Waals surface area (Å²) < 4.78 is 0. The van der Waals surface area contributed by atoms with Gasteiger partial charge in [0, 0.05) is 18.4 Å². The first-order valence-electron chi connectivity index (χ1n) is 5.94. The highest BCUT2D eigenvalue weighted by Gasteiger charge is 2.11. The maximum Gasteiger partial charge on any atom is 0.276 e. The maximum atomic E-state index is 11.9. The van der Waals surface area contributed by atoms with E-state index in [-0.39, 0.29) is 11.9 Å². The molecule has 0 radical (unpaired) electrons. The third-order valence-corrected chi connectivity index (χ3v) is 2.31. The molecule has 0 atom stereocenters. The Morgan fingerprint density at radius 1 is 1.47 bits per heavy atom. The average molecular weight is 261 g/mol. The molecule has 19 heavy (non-hydrogen) atoms. The van der Waals surface area contributed by atoms with Gasteiger partial charge < -0.3 is 5.32 Å². The molecular formula is C11H15N7O. The van der Waals surface area contributed by atoms with Gasteiger partial charge in [-0.3, -0.25) is 15.1 Å². The molecule has 0 aliphatic heterocycles. The number of amides is 1. The molecule has 1 amide bonds. The molecule has 0 aromatic carbocycles. The Balaban J connectivity index is 2.06. The van der Waals surface area contributed by atoms with Crippen LogP contribution in [0.25, 0.3) is 0 Å². The van der Waals surface area contributed by atoms with Crippen LogP contribution in [0, 0.1) is 0 Å². The minimum absolute atomic E-state index is 0.154. The van der Waals surface area contributed by atoms with E-state index in [9.17, 15) is 4.79 Å². The third kappa shape index (κ3) is 3.47. The second-order valence-corrected chi connectivity index (χ2v) is 3.91. The zero-order valence-electron chi connectivity index (χ0n) is 10.8. The predicted molar refractivity (Wildman–Crippen MR) is 69.8 cm³/mol. The van der Waals surface area contributed by atoms with Crippen molar-refractivity contribution < 1.29 is 4.79 Å². The monoisotopic (exact) mass is 261 g/mol. The average Bonchev–Trinajstić information content (AvgIpc) is 2.82. The molecule has 0 aliphatic rings. The van der Waals surface area contributed by atoms with Crippen molar-refractivity contribution in [1.29, 1.82) is 0 Å². The van der Waals surface area contributed by atoms with Crippen molar-refractivity contribution >= 4 is 17.5 Å². The van der Waals surface area contributed by atoms with Gasteiger partial charge in [-0.2, -0.15) is 4.80 Å². The first-order valence-corrected chi connectivity index (χ1v) is 5.94. The number of nitrogens with zero attached hydrogens (tertiary/aromatic N) is 5. The molecule has 0 saturated heterocycles. The van der Waals surface area contributed by atoms with E-state index in [4.69, 9.17) is 0 Å². The second-order valence-electron chi connectivity index (χ2n) is 3.91. The molecule has 2 rings (SSSR count). The number of hydrogen-bond donors (Lipinski definition) is 2. The summed E-state index contributed by atoms with van der Waals surface area (Å²) in [5.41, 5.74) is 1.16. The lowest BCUT2D eigenvalue weighted by molar-refractivity contribution is 0.102. The van der Waals surface area contributed by atoms with Crippen LogP contribution in [0.15, 0.2) is 18.3 Å². The van der Waals surface area contributed by atoms with Gasteiger partial charge in [0.15, 0.2) is 0 Å². The molecule has 0 spiro atoms. The molecule has 2 heterocycles. The standard InChI is InChI=1S/C11H15N7O/c1-3-5-12-8-4-6-13-9(7-8)10(19)14-11-15-17-18(2)16-11/h4,6-7H,3,5H2,1-2H3,(H,12,13)(H,14,16,19). The lowest BCUT2D eigenvalue weighted by atomic mass is 10.3. The van der Waals surface area contributed by atoms with Crippen molar-refractivity contribution in [1.82, 2.24) is 25.2 Å². The number of anilines is 2. The minimum atomic E-state index is -0.367. The number of nitrogens with one attached hydrogen (secondary N) is 2. The van der Waals surface area contributed by atoms with Gasteiger partial charge in [-0.25, -0.2) is 0 Å². The summed E-state index contributed by atoms with van der Waals surface area (Å²) >= 11 is 0. The van der Waals surface area contributed by atoms with E-state index in [2.05, 4.69) is 38.0 Å². The third-order valence-electron chi connectivity index (χ3n) is 2.31. The van der Waals surface area contributed by atoms with E-state index in [1.807, 2.05) is 6.07 Å². The molecular weight excluding hydrogens is 246 g/mol. The van der Waals surface area contributed by atoms with E-state index < -0.39 is 0 Å². The lowest BCUT2D eigenvalue weighted by Crippen LogP contribution is -2.15. The molecule has 0 saturated carbocycles. The highest BCUT2D eigenvalue weighted by atomic mass is 16.2. The summed E-state index contributed by atoms with van der Waals surface area (Å²) in [6.07, 6.45) is 2.59. The number of aromatic nitrogens is 5. The van der Waals surface area contributed by atoms with Gasteiger partial charge in [0.2, 0.25) is 0 Å². The number of pyridine rings is 1. The highest BCUT2D eigenvalue weighted by molar-refractivity contribution is 6.02. The van der Waals surface area contributed by atoms with Crippen molar-refractivity contribution in [2.75, 3.05) is 17.2 Å². The summed E-state index contributed by atoms with van der Waals surface area (Å²) in [6.45, 7) is 2.92. The van der Waals surface area contributed by atoms with Crippen LogP contribution in [-0.2, 0) is 7.05 Å². The zero-order valence-corrected chi connectivity index (χ0v) is 10.8. The number of aryl methyl sites for hydroxylation is 1. The Labute approximate surface area is 110 Å². The van der Waals surface area contributed by atoms with Crippen molar-refractivity contribution in [3.8, 4) is 0 Å². The first kappa shape index (κ1) is 12.9. The molecule has 0 bridgehead atoms. The largest absolute Gasteiger partial charge is 0.385 e. The Morgan fingerprint density at radius 2 is 2.32 bits per heavy atom. The van der Waals surface area contributed by atoms with Crippen LogP contribution in [0.2, 0.25) is 0 Å². The van der Waals surface area contributed by atoms with Crippen molar-refractivity contribution in [2.45, 2.75) is 13.3 Å². The number of hydrogen-bond acceptors (Lipinski definition) is 6. The predicted octanol–water partition coefficient (Wildman–Crippen LogP) is 0.679. The Bertz CT molecular complexity index is 566. The molecule has 8 heteroatoms. The van der Waals surface area contributed by atoms with Crippen LogP contribution in [0.5, 0.6) is 0 Å². The van der Waals surface area contributed by atoms with Gasteiger partial charge in [-0.1, -0.05) is 12.0 Å². The molecule has 0 unspecified atom stereocenters. The first-order chi connectivity index (χ1) is 9.19. The van der Waals surface area contributed by atoms with Crippen LogP contribution in [0.4, 0.5) is 11.6 Å². The molecule has 2 aromatic heterocycles. The molecule has 2 aromatic rings. The van der Waals surface area contributed by atoms with Gasteiger partial charge >= 0.3 is 0 Å². The zero-order chi connectivity index (χ0) is 13.7. The minimum Gasteiger partial charge on any atom is -0.385 e. The number of carbonyl (C=O) groups excluding carboxylic acids is 1. The quantitative estimate of drug-likeness (QED) is 0.821. The topological polar surface area (TPSA) is 97.6 Å². The van der Waals surface area contributed by atoms with Crippen LogP contribution in [0.1, 0.15) is 23.8 Å². The van der Waals surface area contributed by atoms with Crippen molar-refractivity contribution in [2.24, 2.45) is 7.05 Å². The smallest absolute Gasteiger partial charge is 0.276 e. The summed E-state index contributed by atoms with van der Waals surface area (Å²) in [6, 6.07) is 3.49. The second kappa shape index (κ2) is 5.89. The molecule has 100 valence electrons. The Hall–Kier alpha value is -2.51. The van der Waals surface area contributed by atoms with Gasteiger partial charge in [-0.15, -0.1) is 5.10 Å². The number of carbonyl (C=O) groups is 1. The van der Waals surface area contributed by atoms with Crippen molar-refractivity contribution in [3.05, 3.63) is 24.0 Å². The van der Waals surface area contributed by atoms with E-state index in [1.54, 1.807) is 19.3 Å². The normalized spacial score (nSPS) is 10.2. The van der Waals surface area contributed by atoms with E-state index in [1.165, 1.54) is 4.80 Å². The van der Waals surface area contributed by atoms with Crippen LogP contribution in [-0.4, -0.2) is 37.6 Å². The van der Waals surface area contributed by atoms with Gasteiger partial charge in [0.25, 0.3) is 11.9 Å². The fourth-order valence-corrected chi connectivity index (χ4v) is 1.43. The molecule has 0 aliphatic carbocycles. The van der Waals surface area contributed by atoms with Crippen LogP contribution in [0.3, 0.4) is 0 Å². The van der Waals surface area contributed by atoms with Gasteiger partial charge in [0.05, 0.1) is 7.05 Å². The maximum absolute atomic E-state index is 11.9. The van der Waals surface area contributed by atoms with Gasteiger partial charge in [0.1, 0.15) is 5.69 Å². The molecule has 0 fully saturated rings. The number of tetrazole rings is 1. The summed E-state index contributed by atoms with van der Waals surface area (Å²) in [7, 11) is 1.62. The lowest BCUT2D eigenvalue weighted by Gasteiger charge is -2.05. The Kier molecular flexibility index (Phi) is 4.01. The molecule has 8 nitrogen and oxygen atoms in total. The van der Waals surface area contributed by atoms with E-state index in [0.29, 0.717) is 5.69 Å².